The zero-order valence-electron chi connectivity index (χ0n) is 9.39. The summed E-state index contributed by atoms with van der Waals surface area (Å²) in [6.07, 6.45) is 0.324. The number of carboxylic acids is 1. The predicted octanol–water partition coefficient (Wildman–Crippen LogP) is 0.112. The van der Waals surface area contributed by atoms with Crippen LogP contribution in [0.3, 0.4) is 0 Å². The Labute approximate surface area is 102 Å². The van der Waals surface area contributed by atoms with Gasteiger partial charge in [0.15, 0.2) is 0 Å². The van der Waals surface area contributed by atoms with Crippen LogP contribution in [0.5, 0.6) is 0 Å². The van der Waals surface area contributed by atoms with Crippen LogP contribution in [0.25, 0.3) is 0 Å². The van der Waals surface area contributed by atoms with Crippen LogP contribution >= 0.6 is 11.8 Å². The van der Waals surface area contributed by atoms with Gasteiger partial charge in [-0.2, -0.15) is 0 Å². The number of carbonyl (C=O) groups excluding carboxylic acids is 2. The molecule has 1 unspecified atom stereocenters. The van der Waals surface area contributed by atoms with Gasteiger partial charge in [0, 0.05) is 6.92 Å². The van der Waals surface area contributed by atoms with Crippen molar-refractivity contribution >= 4 is 29.5 Å². The largest absolute Gasteiger partial charge is 0.477 e. The lowest BCUT2D eigenvalue weighted by molar-refractivity contribution is -0.146. The van der Waals surface area contributed by atoms with E-state index < -0.39 is 5.97 Å². The number of carbonyl (C=O) groups is 3. The van der Waals surface area contributed by atoms with Crippen LogP contribution in [0.4, 0.5) is 0 Å². The number of fused-ring (bicyclic) bond motifs is 1. The molecule has 0 aromatic rings. The Hall–Kier alpha value is -1.50. The van der Waals surface area contributed by atoms with Crippen LogP contribution in [0.15, 0.2) is 11.3 Å². The van der Waals surface area contributed by atoms with E-state index in [1.54, 1.807) is 6.92 Å². The first-order valence-electron chi connectivity index (χ1n) is 5.10. The third-order valence-electron chi connectivity index (χ3n) is 2.74. The molecule has 0 spiro atoms. The summed E-state index contributed by atoms with van der Waals surface area (Å²) in [6.45, 7) is 3.01. The molecule has 92 valence electrons. The molecule has 17 heavy (non-hydrogen) atoms. The molecule has 2 atom stereocenters. The van der Waals surface area contributed by atoms with Gasteiger partial charge >= 0.3 is 5.97 Å². The Bertz CT molecular complexity index is 446. The van der Waals surface area contributed by atoms with Crippen LogP contribution in [0.1, 0.15) is 20.3 Å². The number of β-lactam (4-membered cyclic amide) rings is 1. The molecule has 0 aromatic heterocycles. The van der Waals surface area contributed by atoms with Crippen molar-refractivity contribution in [2.24, 2.45) is 0 Å². The zero-order valence-corrected chi connectivity index (χ0v) is 10.2. The predicted molar refractivity (Wildman–Crippen MR) is 60.8 cm³/mol. The molecule has 7 heteroatoms. The summed E-state index contributed by atoms with van der Waals surface area (Å²) in [5.41, 5.74) is 0.505. The maximum atomic E-state index is 11.4. The molecule has 0 aromatic carbocycles. The number of amides is 2. The Balaban J connectivity index is 2.34. The zero-order chi connectivity index (χ0) is 12.7. The number of rotatable bonds is 2. The molecule has 2 N–H and O–H groups in total. The van der Waals surface area contributed by atoms with Gasteiger partial charge in [0.25, 0.3) is 0 Å². The summed E-state index contributed by atoms with van der Waals surface area (Å²) in [6, 6.07) is 0. The van der Waals surface area contributed by atoms with Crippen LogP contribution in [-0.2, 0) is 14.4 Å². The van der Waals surface area contributed by atoms with Crippen LogP contribution < -0.4 is 5.32 Å². The van der Waals surface area contributed by atoms with Crippen molar-refractivity contribution < 1.29 is 19.5 Å². The molecule has 2 amide bonds. The number of hydrogen-bond donors (Lipinski definition) is 2. The number of thioether (sulfide) groups is 1. The summed E-state index contributed by atoms with van der Waals surface area (Å²) >= 11 is 1.39. The Morgan fingerprint density at radius 1 is 1.53 bits per heavy atom. The molecule has 2 aliphatic heterocycles. The maximum Gasteiger partial charge on any atom is 0.352 e. The van der Waals surface area contributed by atoms with E-state index >= 15 is 0 Å². The van der Waals surface area contributed by atoms with E-state index in [2.05, 4.69) is 5.32 Å². The van der Waals surface area contributed by atoms with Crippen molar-refractivity contribution in [3.8, 4) is 0 Å². The van der Waals surface area contributed by atoms with Gasteiger partial charge in [-0.1, -0.05) is 0 Å². The highest BCUT2D eigenvalue weighted by Gasteiger charge is 2.47. The topological polar surface area (TPSA) is 86.7 Å². The molecule has 2 heterocycles. The van der Waals surface area contributed by atoms with E-state index in [4.69, 9.17) is 5.11 Å². The summed E-state index contributed by atoms with van der Waals surface area (Å²) in [4.78, 5) is 34.9. The lowest BCUT2D eigenvalue weighted by Gasteiger charge is -2.46. The first kappa shape index (κ1) is 12.0. The average molecular weight is 256 g/mol. The second kappa shape index (κ2) is 4.06. The molecule has 2 aliphatic rings. The normalized spacial score (nSPS) is 27.4. The van der Waals surface area contributed by atoms with Crippen molar-refractivity contribution in [2.75, 3.05) is 0 Å². The molecule has 1 saturated heterocycles. The molecule has 1 fully saturated rings. The average Bonchev–Trinajstić information content (AvgIpc) is 2.20. The van der Waals surface area contributed by atoms with Gasteiger partial charge in [0.2, 0.25) is 11.8 Å². The molecular weight excluding hydrogens is 244 g/mol. The van der Waals surface area contributed by atoms with Gasteiger partial charge in [-0.15, -0.1) is 11.8 Å². The fourth-order valence-electron chi connectivity index (χ4n) is 1.94. The molecule has 0 radical (unpaired) electrons. The van der Waals surface area contributed by atoms with Crippen molar-refractivity contribution in [2.45, 2.75) is 31.0 Å². The van der Waals surface area contributed by atoms with E-state index in [1.165, 1.54) is 23.6 Å². The third kappa shape index (κ3) is 1.90. The standard InChI is InChI=1S/C10H12N2O4S/c1-4-8(10(15)16)12-6(14)3-7(12)17-9(4)11-5(2)13/h7,9H,3H2,1-2H3,(H,11,13)(H,15,16)/t7-,9?/m1/s1. The van der Waals surface area contributed by atoms with E-state index in [-0.39, 0.29) is 28.3 Å². The minimum Gasteiger partial charge on any atom is -0.477 e. The fraction of sp³-hybridized carbons (Fsp3) is 0.500. The van der Waals surface area contributed by atoms with Gasteiger partial charge in [-0.3, -0.25) is 14.5 Å². The van der Waals surface area contributed by atoms with E-state index in [9.17, 15) is 14.4 Å². The van der Waals surface area contributed by atoms with Crippen LogP contribution in [0, 0.1) is 0 Å². The molecule has 0 aliphatic carbocycles. The number of carboxylic acid groups (broad SMARTS) is 1. The van der Waals surface area contributed by atoms with Crippen molar-refractivity contribution in [1.29, 1.82) is 0 Å². The van der Waals surface area contributed by atoms with Crippen molar-refractivity contribution in [3.63, 3.8) is 0 Å². The van der Waals surface area contributed by atoms with Crippen LogP contribution in [-0.4, -0.2) is 38.5 Å². The lowest BCUT2D eigenvalue weighted by atomic mass is 10.1. The second-order valence-corrected chi connectivity index (χ2v) is 5.26. The minimum atomic E-state index is -1.13. The van der Waals surface area contributed by atoms with E-state index in [1.807, 2.05) is 0 Å². The Kier molecular flexibility index (Phi) is 2.86. The highest BCUT2D eigenvalue weighted by Crippen LogP contribution is 2.42. The highest BCUT2D eigenvalue weighted by molar-refractivity contribution is 8.00. The van der Waals surface area contributed by atoms with E-state index in [0.29, 0.717) is 12.0 Å². The molecule has 0 bridgehead atoms. The fourth-order valence-corrected chi connectivity index (χ4v) is 3.38. The smallest absolute Gasteiger partial charge is 0.352 e. The number of hydrogen-bond acceptors (Lipinski definition) is 4. The quantitative estimate of drug-likeness (QED) is 0.685. The first-order chi connectivity index (χ1) is 7.91. The minimum absolute atomic E-state index is 0.00347. The molecular formula is C10H12N2O4S. The maximum absolute atomic E-state index is 11.4. The van der Waals surface area contributed by atoms with Crippen LogP contribution in [0.2, 0.25) is 0 Å². The SMILES string of the molecule is CC(=O)NC1S[C@@H]2CC(=O)N2C(C(=O)O)=C1C. The molecule has 2 rings (SSSR count). The second-order valence-electron chi connectivity index (χ2n) is 3.98. The van der Waals surface area contributed by atoms with Crippen molar-refractivity contribution in [1.82, 2.24) is 10.2 Å². The number of aliphatic carboxylic acids is 1. The van der Waals surface area contributed by atoms with Crippen molar-refractivity contribution in [3.05, 3.63) is 11.3 Å². The van der Waals surface area contributed by atoms with Gasteiger partial charge < -0.3 is 10.4 Å². The lowest BCUT2D eigenvalue weighted by Crippen LogP contribution is -2.56. The molecule has 0 saturated carbocycles. The highest BCUT2D eigenvalue weighted by atomic mass is 32.2. The first-order valence-corrected chi connectivity index (χ1v) is 6.04. The van der Waals surface area contributed by atoms with Gasteiger partial charge in [-0.05, 0) is 12.5 Å². The summed E-state index contributed by atoms with van der Waals surface area (Å²) in [7, 11) is 0. The van der Waals surface area contributed by atoms with Gasteiger partial charge in [0.05, 0.1) is 11.8 Å². The van der Waals surface area contributed by atoms with Gasteiger partial charge in [0.1, 0.15) is 11.1 Å². The Morgan fingerprint density at radius 2 is 2.18 bits per heavy atom. The number of nitrogens with one attached hydrogen (secondary N) is 1. The van der Waals surface area contributed by atoms with Gasteiger partial charge in [-0.25, -0.2) is 4.79 Å². The Morgan fingerprint density at radius 3 is 2.65 bits per heavy atom. The molecule has 6 nitrogen and oxygen atoms in total. The van der Waals surface area contributed by atoms with E-state index in [0.717, 1.165) is 0 Å². The number of nitrogens with zero attached hydrogens (tertiary/aromatic N) is 1. The monoisotopic (exact) mass is 256 g/mol. The summed E-state index contributed by atoms with van der Waals surface area (Å²) in [5, 5.41) is 11.3. The summed E-state index contributed by atoms with van der Waals surface area (Å²) in [5.74, 6) is -1.53. The summed E-state index contributed by atoms with van der Waals surface area (Å²) < 4.78 is 0. The third-order valence-corrected chi connectivity index (χ3v) is 4.18.